The zero-order chi connectivity index (χ0) is 19.6. The van der Waals surface area contributed by atoms with E-state index in [9.17, 15) is 9.59 Å². The molecule has 0 aromatic carbocycles. The van der Waals surface area contributed by atoms with Crippen molar-refractivity contribution in [2.75, 3.05) is 13.2 Å². The molecular weight excluding hydrogens is 328 g/mol. The largest absolute Gasteiger partial charge is 0.463 e. The highest BCUT2D eigenvalue weighted by atomic mass is 16.5. The molecule has 4 heteroatoms. The smallest absolute Gasteiger partial charge is 0.331 e. The van der Waals surface area contributed by atoms with Gasteiger partial charge in [0.15, 0.2) is 0 Å². The van der Waals surface area contributed by atoms with Crippen molar-refractivity contribution in [1.82, 2.24) is 0 Å². The topological polar surface area (TPSA) is 52.6 Å². The molecular formula is C22H40O4. The van der Waals surface area contributed by atoms with E-state index in [-0.39, 0.29) is 0 Å². The van der Waals surface area contributed by atoms with Crippen LogP contribution in [0.15, 0.2) is 12.2 Å². The number of carbonyl (C=O) groups excluding carboxylic acids is 2. The van der Waals surface area contributed by atoms with Gasteiger partial charge in [0.1, 0.15) is 0 Å². The maximum atomic E-state index is 11.5. The summed E-state index contributed by atoms with van der Waals surface area (Å²) in [6, 6.07) is 0. The third kappa shape index (κ3) is 19.0. The minimum Gasteiger partial charge on any atom is -0.463 e. The summed E-state index contributed by atoms with van der Waals surface area (Å²) in [7, 11) is 0. The molecule has 152 valence electrons. The quantitative estimate of drug-likeness (QED) is 0.195. The number of hydrogen-bond donors (Lipinski definition) is 0. The standard InChI is InChI=1S/C22H40O4/c1-19(2)13-9-5-7-11-17-25-21(23)15-16-22(24)26-18-12-8-6-10-14-20(3)4/h15-16,19-20H,5-14,17-18H2,1-4H3/b16-15+. The Hall–Kier alpha value is -1.32. The summed E-state index contributed by atoms with van der Waals surface area (Å²) in [5.74, 6) is 0.556. The van der Waals surface area contributed by atoms with Gasteiger partial charge in [0.05, 0.1) is 13.2 Å². The Labute approximate surface area is 160 Å². The number of unbranched alkanes of at least 4 members (excludes halogenated alkanes) is 6. The summed E-state index contributed by atoms with van der Waals surface area (Å²) < 4.78 is 10.2. The molecule has 0 radical (unpaired) electrons. The number of ether oxygens (including phenoxy) is 2. The van der Waals surface area contributed by atoms with Gasteiger partial charge in [-0.2, -0.15) is 0 Å². The molecule has 0 heterocycles. The normalized spacial score (nSPS) is 11.5. The molecule has 4 nitrogen and oxygen atoms in total. The lowest BCUT2D eigenvalue weighted by atomic mass is 10.0. The molecule has 0 atom stereocenters. The van der Waals surface area contributed by atoms with Gasteiger partial charge in [-0.1, -0.05) is 79.1 Å². The van der Waals surface area contributed by atoms with Gasteiger partial charge >= 0.3 is 11.9 Å². The predicted octanol–water partition coefficient (Wildman–Crippen LogP) is 5.84. The lowest BCUT2D eigenvalue weighted by molar-refractivity contribution is -0.140. The first-order chi connectivity index (χ1) is 12.4. The van der Waals surface area contributed by atoms with E-state index in [1.54, 1.807) is 0 Å². The van der Waals surface area contributed by atoms with E-state index in [0.717, 1.165) is 49.7 Å². The second kappa shape index (κ2) is 17.1. The van der Waals surface area contributed by atoms with E-state index in [1.807, 2.05) is 0 Å². The highest BCUT2D eigenvalue weighted by Crippen LogP contribution is 2.10. The monoisotopic (exact) mass is 368 g/mol. The predicted molar refractivity (Wildman–Crippen MR) is 107 cm³/mol. The molecule has 0 rings (SSSR count). The van der Waals surface area contributed by atoms with Crippen LogP contribution >= 0.6 is 0 Å². The van der Waals surface area contributed by atoms with Crippen molar-refractivity contribution in [1.29, 1.82) is 0 Å². The van der Waals surface area contributed by atoms with Crippen LogP contribution in [-0.2, 0) is 19.1 Å². The Morgan fingerprint density at radius 2 is 0.962 bits per heavy atom. The Kier molecular flexibility index (Phi) is 16.2. The first-order valence-corrected chi connectivity index (χ1v) is 10.4. The molecule has 0 spiro atoms. The zero-order valence-electron chi connectivity index (χ0n) is 17.4. The maximum absolute atomic E-state index is 11.5. The second-order valence-electron chi connectivity index (χ2n) is 7.86. The fourth-order valence-corrected chi connectivity index (χ4v) is 2.59. The number of rotatable bonds is 16. The second-order valence-corrected chi connectivity index (χ2v) is 7.86. The van der Waals surface area contributed by atoms with Crippen LogP contribution in [0.2, 0.25) is 0 Å². The third-order valence-corrected chi connectivity index (χ3v) is 4.20. The van der Waals surface area contributed by atoms with Gasteiger partial charge in [-0.3, -0.25) is 0 Å². The van der Waals surface area contributed by atoms with Gasteiger partial charge < -0.3 is 9.47 Å². The average molecular weight is 369 g/mol. The molecule has 0 N–H and O–H groups in total. The van der Waals surface area contributed by atoms with E-state index in [2.05, 4.69) is 27.7 Å². The summed E-state index contributed by atoms with van der Waals surface area (Å²) in [6.45, 7) is 9.74. The highest BCUT2D eigenvalue weighted by molar-refractivity contribution is 5.91. The first-order valence-electron chi connectivity index (χ1n) is 10.4. The lowest BCUT2D eigenvalue weighted by Gasteiger charge is -2.05. The minimum absolute atomic E-state index is 0.413. The van der Waals surface area contributed by atoms with Crippen molar-refractivity contribution in [3.63, 3.8) is 0 Å². The summed E-state index contributed by atoms with van der Waals surface area (Å²) >= 11 is 0. The fraction of sp³-hybridized carbons (Fsp3) is 0.818. The van der Waals surface area contributed by atoms with Crippen LogP contribution in [0.3, 0.4) is 0 Å². The molecule has 0 aromatic rings. The summed E-state index contributed by atoms with van der Waals surface area (Å²) in [5, 5.41) is 0. The van der Waals surface area contributed by atoms with E-state index < -0.39 is 11.9 Å². The Balaban J connectivity index is 3.51. The van der Waals surface area contributed by atoms with Gasteiger partial charge in [0, 0.05) is 12.2 Å². The SMILES string of the molecule is CC(C)CCCCCCOC(=O)/C=C/C(=O)OCCCCCCC(C)C. The van der Waals surface area contributed by atoms with Crippen LogP contribution in [0.1, 0.15) is 91.9 Å². The Bertz CT molecular complexity index is 350. The van der Waals surface area contributed by atoms with Crippen molar-refractivity contribution >= 4 is 11.9 Å². The van der Waals surface area contributed by atoms with Gasteiger partial charge in [-0.05, 0) is 24.7 Å². The van der Waals surface area contributed by atoms with Gasteiger partial charge in [0.2, 0.25) is 0 Å². The van der Waals surface area contributed by atoms with Crippen molar-refractivity contribution in [2.45, 2.75) is 91.9 Å². The van der Waals surface area contributed by atoms with Crippen LogP contribution in [0.25, 0.3) is 0 Å². The Morgan fingerprint density at radius 3 is 1.31 bits per heavy atom. The lowest BCUT2D eigenvalue weighted by Crippen LogP contribution is -2.06. The van der Waals surface area contributed by atoms with Crippen molar-refractivity contribution in [3.8, 4) is 0 Å². The van der Waals surface area contributed by atoms with Crippen LogP contribution in [0.4, 0.5) is 0 Å². The minimum atomic E-state index is -0.474. The van der Waals surface area contributed by atoms with Crippen molar-refractivity contribution in [3.05, 3.63) is 12.2 Å². The fourth-order valence-electron chi connectivity index (χ4n) is 2.59. The number of carbonyl (C=O) groups is 2. The molecule has 0 unspecified atom stereocenters. The van der Waals surface area contributed by atoms with Crippen molar-refractivity contribution < 1.29 is 19.1 Å². The number of hydrogen-bond acceptors (Lipinski definition) is 4. The zero-order valence-corrected chi connectivity index (χ0v) is 17.4. The highest BCUT2D eigenvalue weighted by Gasteiger charge is 2.02. The van der Waals surface area contributed by atoms with E-state index in [4.69, 9.17) is 9.47 Å². The molecule has 26 heavy (non-hydrogen) atoms. The first kappa shape index (κ1) is 24.7. The van der Waals surface area contributed by atoms with Crippen LogP contribution < -0.4 is 0 Å². The Morgan fingerprint density at radius 1 is 0.615 bits per heavy atom. The molecule has 0 aromatic heterocycles. The van der Waals surface area contributed by atoms with Crippen molar-refractivity contribution in [2.24, 2.45) is 11.8 Å². The van der Waals surface area contributed by atoms with Crippen LogP contribution in [0.5, 0.6) is 0 Å². The molecule has 0 aliphatic rings. The molecule has 0 saturated heterocycles. The summed E-state index contributed by atoms with van der Waals surface area (Å²) in [5.41, 5.74) is 0. The summed E-state index contributed by atoms with van der Waals surface area (Å²) in [6.07, 6.45) is 13.5. The van der Waals surface area contributed by atoms with Gasteiger partial charge in [-0.25, -0.2) is 9.59 Å². The van der Waals surface area contributed by atoms with E-state index in [1.165, 1.54) is 38.5 Å². The van der Waals surface area contributed by atoms with Gasteiger partial charge in [-0.15, -0.1) is 0 Å². The molecule has 0 fully saturated rings. The third-order valence-electron chi connectivity index (χ3n) is 4.20. The number of esters is 2. The molecule has 0 bridgehead atoms. The van der Waals surface area contributed by atoms with Crippen LogP contribution in [-0.4, -0.2) is 25.2 Å². The summed E-state index contributed by atoms with van der Waals surface area (Å²) in [4.78, 5) is 23.0. The van der Waals surface area contributed by atoms with E-state index in [0.29, 0.717) is 13.2 Å². The van der Waals surface area contributed by atoms with Gasteiger partial charge in [0.25, 0.3) is 0 Å². The molecule has 0 aliphatic carbocycles. The molecule has 0 aliphatic heterocycles. The molecule has 0 amide bonds. The average Bonchev–Trinajstić information content (AvgIpc) is 2.57. The van der Waals surface area contributed by atoms with Crippen LogP contribution in [0, 0.1) is 11.8 Å². The maximum Gasteiger partial charge on any atom is 0.331 e. The molecule has 0 saturated carbocycles. The van der Waals surface area contributed by atoms with E-state index >= 15 is 0 Å².